The minimum atomic E-state index is -2.58. The zero-order valence-corrected chi connectivity index (χ0v) is 6.06. The van der Waals surface area contributed by atoms with Crippen LogP contribution in [0.5, 0.6) is 0 Å². The maximum Gasteiger partial charge on any atom is 0.186 e. The third kappa shape index (κ3) is 2.73. The smallest absolute Gasteiger partial charge is 0.186 e. The largest absolute Gasteiger partial charge is 0.266 e. The van der Waals surface area contributed by atoms with Crippen LogP contribution in [-0.2, 0) is 11.8 Å². The molecule has 0 aromatic carbocycles. The summed E-state index contributed by atoms with van der Waals surface area (Å²) in [7, 11) is 0. The Hall–Kier alpha value is -0.200. The van der Waals surface area contributed by atoms with Crippen molar-refractivity contribution in [3.8, 4) is 0 Å². The van der Waals surface area contributed by atoms with Crippen LogP contribution < -0.4 is 22.1 Å². The molecule has 9 heavy (non-hydrogen) atoms. The number of hydrogen-bond acceptors (Lipinski definition) is 3. The summed E-state index contributed by atoms with van der Waals surface area (Å²) in [4.78, 5) is 5.56. The molecule has 0 aromatic heterocycles. The van der Waals surface area contributed by atoms with Crippen LogP contribution in [0, 0.1) is 0 Å². The normalized spacial score (nSPS) is 10.4. The van der Waals surface area contributed by atoms with E-state index >= 15 is 0 Å². The zero-order chi connectivity index (χ0) is 7.33. The van der Waals surface area contributed by atoms with E-state index in [1.165, 1.54) is 0 Å². The number of nitrogens with two attached hydrogens (primary N) is 2. The molecular formula is H6N7PS. The van der Waals surface area contributed by atoms with Crippen LogP contribution in [0.3, 0.4) is 0 Å². The lowest BCUT2D eigenvalue weighted by molar-refractivity contribution is 0.990. The monoisotopic (exact) mass is 167 g/mol. The molecule has 52 valence electrons. The molecule has 0 aliphatic carbocycles. The lowest BCUT2D eigenvalue weighted by atomic mass is 12.9. The molecule has 0 rings (SSSR count). The number of rotatable bonds is 3. The minimum Gasteiger partial charge on any atom is -0.266 e. The highest BCUT2D eigenvalue weighted by atomic mass is 32.4. The predicted molar refractivity (Wildman–Crippen MR) is 38.1 cm³/mol. The van der Waals surface area contributed by atoms with E-state index in [2.05, 4.69) is 32.0 Å². The van der Waals surface area contributed by atoms with Gasteiger partial charge in [0.1, 0.15) is 0 Å². The van der Waals surface area contributed by atoms with Crippen molar-refractivity contribution in [1.29, 1.82) is 0 Å². The average molecular weight is 167 g/mol. The lowest BCUT2D eigenvalue weighted by Gasteiger charge is -2.10. The van der Waals surface area contributed by atoms with Crippen molar-refractivity contribution in [3.63, 3.8) is 0 Å². The second kappa shape index (κ2) is 3.76. The Morgan fingerprint density at radius 2 is 2.00 bits per heavy atom. The van der Waals surface area contributed by atoms with Gasteiger partial charge in [-0.05, 0) is 10.4 Å². The number of nitrogens with zero attached hydrogens (tertiary/aromatic N) is 3. The first-order valence-corrected chi connectivity index (χ1v) is 4.56. The van der Waals surface area contributed by atoms with Gasteiger partial charge in [0.2, 0.25) is 0 Å². The molecule has 0 bridgehead atoms. The molecule has 0 atom stereocenters. The third-order valence-electron chi connectivity index (χ3n) is 0.516. The van der Waals surface area contributed by atoms with Gasteiger partial charge >= 0.3 is 0 Å². The number of azide groups is 1. The topological polar surface area (TPSA) is 125 Å². The number of hydrogen-bond donors (Lipinski definition) is 4. The van der Waals surface area contributed by atoms with E-state index in [9.17, 15) is 0 Å². The SMILES string of the molecule is [N-]=[N+]=NP(=S)(NN)NN. The van der Waals surface area contributed by atoms with Crippen LogP contribution >= 0.6 is 6.49 Å². The second-order valence-electron chi connectivity index (χ2n) is 1.01. The van der Waals surface area contributed by atoms with E-state index in [0.717, 1.165) is 0 Å². The molecule has 0 aliphatic heterocycles. The number of hydrazine groups is 2. The quantitative estimate of drug-likeness (QED) is 0.112. The van der Waals surface area contributed by atoms with Gasteiger partial charge in [0, 0.05) is 4.91 Å². The van der Waals surface area contributed by atoms with E-state index in [0.29, 0.717) is 0 Å². The molecule has 9 heteroatoms. The van der Waals surface area contributed by atoms with Gasteiger partial charge in [0.05, 0.1) is 0 Å². The molecule has 0 amide bonds. The molecule has 0 heterocycles. The molecule has 6 N–H and O–H groups in total. The molecule has 0 unspecified atom stereocenters. The maximum atomic E-state index is 7.89. The second-order valence-corrected chi connectivity index (χ2v) is 4.45. The van der Waals surface area contributed by atoms with E-state index in [1.54, 1.807) is 0 Å². The molecule has 0 saturated heterocycles. The summed E-state index contributed by atoms with van der Waals surface area (Å²) < 4.78 is 0. The van der Waals surface area contributed by atoms with Crippen LogP contribution in [0.4, 0.5) is 0 Å². The molecular weight excluding hydrogens is 161 g/mol. The molecule has 0 aliphatic rings. The van der Waals surface area contributed by atoms with Crippen molar-refractivity contribution >= 4 is 18.3 Å². The van der Waals surface area contributed by atoms with Crippen LogP contribution in [0.2, 0.25) is 0 Å². The van der Waals surface area contributed by atoms with Crippen molar-refractivity contribution in [1.82, 2.24) is 10.4 Å². The summed E-state index contributed by atoms with van der Waals surface area (Å²) in [6.07, 6.45) is 0. The van der Waals surface area contributed by atoms with E-state index < -0.39 is 6.49 Å². The van der Waals surface area contributed by atoms with Gasteiger partial charge in [-0.15, -0.1) is 0 Å². The van der Waals surface area contributed by atoms with Crippen LogP contribution in [-0.4, -0.2) is 0 Å². The van der Waals surface area contributed by atoms with Gasteiger partial charge in [-0.3, -0.25) is 11.7 Å². The Morgan fingerprint density at radius 3 is 2.11 bits per heavy atom. The Labute approximate surface area is 56.5 Å². The van der Waals surface area contributed by atoms with Crippen LogP contribution in [0.25, 0.3) is 10.4 Å². The fraction of sp³-hybridized carbons (Fsp3) is 0. The standard InChI is InChI=1S/H6N7PS/c1-4-7-8(9,5-2)6-3/h2-3H2,(H2,5,6,9). The first-order valence-electron chi connectivity index (χ1n) is 1.81. The summed E-state index contributed by atoms with van der Waals surface area (Å²) >= 11 is 4.62. The average Bonchev–Trinajstić information content (AvgIpc) is 1.89. The highest BCUT2D eigenvalue weighted by molar-refractivity contribution is 8.11. The van der Waals surface area contributed by atoms with Gasteiger partial charge in [-0.1, -0.05) is 11.8 Å². The molecule has 0 fully saturated rings. The van der Waals surface area contributed by atoms with E-state index in [-0.39, 0.29) is 0 Å². The zero-order valence-electron chi connectivity index (χ0n) is 4.35. The highest BCUT2D eigenvalue weighted by Gasteiger charge is 2.06. The van der Waals surface area contributed by atoms with Crippen molar-refractivity contribution < 1.29 is 0 Å². The van der Waals surface area contributed by atoms with Crippen LogP contribution in [0.1, 0.15) is 0 Å². The molecule has 0 aromatic rings. The maximum absolute atomic E-state index is 7.89. The lowest BCUT2D eigenvalue weighted by Crippen LogP contribution is -2.29. The van der Waals surface area contributed by atoms with Gasteiger partial charge in [-0.25, -0.2) is 10.4 Å². The van der Waals surface area contributed by atoms with Crippen LogP contribution in [0.15, 0.2) is 4.88 Å². The molecule has 7 nitrogen and oxygen atoms in total. The summed E-state index contributed by atoms with van der Waals surface area (Å²) in [6.45, 7) is -2.58. The molecule has 0 spiro atoms. The Kier molecular flexibility index (Phi) is 3.67. The summed E-state index contributed by atoms with van der Waals surface area (Å²) in [6, 6.07) is 0. The summed E-state index contributed by atoms with van der Waals surface area (Å²) in [5.74, 6) is 9.78. The van der Waals surface area contributed by atoms with Gasteiger partial charge in [0.15, 0.2) is 6.49 Å². The third-order valence-corrected chi connectivity index (χ3v) is 2.40. The van der Waals surface area contributed by atoms with Gasteiger partial charge in [0.25, 0.3) is 0 Å². The van der Waals surface area contributed by atoms with Crippen molar-refractivity contribution in [2.24, 2.45) is 16.6 Å². The van der Waals surface area contributed by atoms with Crippen molar-refractivity contribution in [2.45, 2.75) is 0 Å². The van der Waals surface area contributed by atoms with Gasteiger partial charge < -0.3 is 0 Å². The van der Waals surface area contributed by atoms with Crippen molar-refractivity contribution in [2.75, 3.05) is 0 Å². The summed E-state index contributed by atoms with van der Waals surface area (Å²) in [5.41, 5.74) is 7.89. The first kappa shape index (κ1) is 8.80. The molecule has 0 saturated carbocycles. The van der Waals surface area contributed by atoms with E-state index in [1.807, 2.05) is 0 Å². The minimum absolute atomic E-state index is 2.10. The summed E-state index contributed by atoms with van der Waals surface area (Å²) in [5, 5.41) is 4.20. The van der Waals surface area contributed by atoms with Gasteiger partial charge in [-0.2, -0.15) is 0 Å². The van der Waals surface area contributed by atoms with Crippen molar-refractivity contribution in [3.05, 3.63) is 10.4 Å². The number of nitrogens with one attached hydrogen (secondary N) is 2. The Bertz CT molecular complexity index is 158. The Balaban J connectivity index is 4.28. The highest BCUT2D eigenvalue weighted by Crippen LogP contribution is 2.34. The first-order chi connectivity index (χ1) is 4.18. The molecule has 0 radical (unpaired) electrons. The fourth-order valence-corrected chi connectivity index (χ4v) is 0.534. The fourth-order valence-electron chi connectivity index (χ4n) is 0.145. The Morgan fingerprint density at radius 1 is 1.56 bits per heavy atom. The van der Waals surface area contributed by atoms with E-state index in [4.69, 9.17) is 17.2 Å². The predicted octanol–water partition coefficient (Wildman–Crippen LogP) is -0.552.